The van der Waals surface area contributed by atoms with E-state index >= 15 is 0 Å². The molecule has 1 heterocycles. The number of amidine groups is 1. The molecule has 0 aliphatic carbocycles. The number of nitrogens with zero attached hydrogens (tertiary/aromatic N) is 1. The Hall–Kier alpha value is -2.79. The van der Waals surface area contributed by atoms with Crippen LogP contribution in [0.5, 0.6) is 11.5 Å². The molecule has 2 N–H and O–H groups in total. The van der Waals surface area contributed by atoms with Gasteiger partial charge in [-0.1, -0.05) is 13.5 Å². The fourth-order valence-electron chi connectivity index (χ4n) is 3.55. The molecule has 0 aromatic heterocycles. The van der Waals surface area contributed by atoms with Crippen LogP contribution in [0.15, 0.2) is 35.8 Å². The monoisotopic (exact) mass is 379 g/mol. The highest BCUT2D eigenvalue weighted by Crippen LogP contribution is 2.36. The van der Waals surface area contributed by atoms with Gasteiger partial charge in [-0.2, -0.15) is 0 Å². The van der Waals surface area contributed by atoms with Crippen molar-refractivity contribution in [3.63, 3.8) is 0 Å². The van der Waals surface area contributed by atoms with Gasteiger partial charge in [-0.15, -0.1) is 0 Å². The molecule has 0 saturated carbocycles. The summed E-state index contributed by atoms with van der Waals surface area (Å²) in [5, 5.41) is 6.49. The van der Waals surface area contributed by atoms with Crippen molar-refractivity contribution in [2.45, 2.75) is 27.2 Å². The van der Waals surface area contributed by atoms with Crippen molar-refractivity contribution in [1.29, 1.82) is 0 Å². The second-order valence-corrected chi connectivity index (χ2v) is 6.99. The summed E-state index contributed by atoms with van der Waals surface area (Å²) in [4.78, 5) is 4.88. The van der Waals surface area contributed by atoms with Crippen molar-refractivity contribution in [1.82, 2.24) is 10.6 Å². The molecular formula is C23H29N3O2. The minimum Gasteiger partial charge on any atom is -0.497 e. The Bertz CT molecular complexity index is 909. The van der Waals surface area contributed by atoms with Crippen LogP contribution in [0.3, 0.4) is 0 Å². The van der Waals surface area contributed by atoms with Crippen LogP contribution in [-0.2, 0) is 6.42 Å². The van der Waals surface area contributed by atoms with E-state index in [4.69, 9.17) is 14.5 Å². The topological polar surface area (TPSA) is 54.9 Å². The molecule has 3 rings (SSSR count). The van der Waals surface area contributed by atoms with Gasteiger partial charge in [0.1, 0.15) is 23.9 Å². The maximum atomic E-state index is 5.93. The maximum Gasteiger partial charge on any atom is 0.138 e. The first-order valence-electron chi connectivity index (χ1n) is 9.63. The van der Waals surface area contributed by atoms with Gasteiger partial charge in [-0.25, -0.2) is 4.99 Å². The van der Waals surface area contributed by atoms with Gasteiger partial charge < -0.3 is 20.1 Å². The molecule has 2 aromatic rings. The molecule has 0 fully saturated rings. The Kier molecular flexibility index (Phi) is 6.05. The predicted octanol–water partition coefficient (Wildman–Crippen LogP) is 4.12. The molecule has 0 atom stereocenters. The first-order valence-corrected chi connectivity index (χ1v) is 9.63. The third kappa shape index (κ3) is 3.90. The van der Waals surface area contributed by atoms with E-state index in [-0.39, 0.29) is 0 Å². The lowest BCUT2D eigenvalue weighted by Gasteiger charge is -2.24. The van der Waals surface area contributed by atoms with Crippen molar-refractivity contribution < 1.29 is 9.47 Å². The molecule has 5 nitrogen and oxygen atoms in total. The smallest absolute Gasteiger partial charge is 0.138 e. The molecule has 0 amide bonds. The normalized spacial score (nSPS) is 12.9. The number of hydrogen-bond acceptors (Lipinski definition) is 5. The highest BCUT2D eigenvalue weighted by atomic mass is 16.5. The van der Waals surface area contributed by atoms with E-state index in [0.29, 0.717) is 6.61 Å². The van der Waals surface area contributed by atoms with Crippen LogP contribution in [0.4, 0.5) is 5.69 Å². The SMILES string of the molecule is C=C1NC(c2cc(C)c(OCCNC)c(C)c2)=Nc2cc(OC)cc(CC)c21. The Morgan fingerprint density at radius 2 is 1.86 bits per heavy atom. The van der Waals surface area contributed by atoms with Crippen LogP contribution in [0.2, 0.25) is 0 Å². The molecule has 0 bridgehead atoms. The molecule has 0 spiro atoms. The van der Waals surface area contributed by atoms with Crippen LogP contribution in [-0.4, -0.2) is 33.1 Å². The van der Waals surface area contributed by atoms with Crippen LogP contribution in [0, 0.1) is 13.8 Å². The summed E-state index contributed by atoms with van der Waals surface area (Å²) in [7, 11) is 3.60. The number of rotatable bonds is 7. The third-order valence-corrected chi connectivity index (χ3v) is 4.92. The van der Waals surface area contributed by atoms with Gasteiger partial charge >= 0.3 is 0 Å². The van der Waals surface area contributed by atoms with Gasteiger partial charge in [0, 0.05) is 29.4 Å². The Labute approximate surface area is 167 Å². The van der Waals surface area contributed by atoms with Crippen molar-refractivity contribution in [2.24, 2.45) is 4.99 Å². The summed E-state index contributed by atoms with van der Waals surface area (Å²) >= 11 is 0. The van der Waals surface area contributed by atoms with Crippen LogP contribution < -0.4 is 20.1 Å². The molecule has 1 aliphatic rings. The van der Waals surface area contributed by atoms with Crippen LogP contribution in [0.1, 0.15) is 34.7 Å². The Morgan fingerprint density at radius 3 is 2.46 bits per heavy atom. The number of nitrogens with one attached hydrogen (secondary N) is 2. The number of methoxy groups -OCH3 is 1. The van der Waals surface area contributed by atoms with Crippen molar-refractivity contribution >= 4 is 17.2 Å². The summed E-state index contributed by atoms with van der Waals surface area (Å²) in [5.41, 5.74) is 7.19. The fraction of sp³-hybridized carbons (Fsp3) is 0.348. The fourth-order valence-corrected chi connectivity index (χ4v) is 3.55. The molecule has 5 heteroatoms. The van der Waals surface area contributed by atoms with Crippen molar-refractivity contribution in [3.05, 3.63) is 58.7 Å². The summed E-state index contributed by atoms with van der Waals surface area (Å²) in [5.74, 6) is 2.54. The lowest BCUT2D eigenvalue weighted by molar-refractivity contribution is 0.314. The summed E-state index contributed by atoms with van der Waals surface area (Å²) in [6, 6.07) is 8.23. The number of benzene rings is 2. The average molecular weight is 380 g/mol. The van der Waals surface area contributed by atoms with Crippen molar-refractivity contribution in [2.75, 3.05) is 27.3 Å². The van der Waals surface area contributed by atoms with E-state index in [9.17, 15) is 0 Å². The largest absolute Gasteiger partial charge is 0.497 e. The molecule has 0 radical (unpaired) electrons. The predicted molar refractivity (Wildman–Crippen MR) is 116 cm³/mol. The highest BCUT2D eigenvalue weighted by molar-refractivity contribution is 6.08. The minimum absolute atomic E-state index is 0.639. The second kappa shape index (κ2) is 8.48. The molecule has 28 heavy (non-hydrogen) atoms. The average Bonchev–Trinajstić information content (AvgIpc) is 2.68. The zero-order valence-electron chi connectivity index (χ0n) is 17.4. The molecule has 0 unspecified atom stereocenters. The number of ether oxygens (including phenoxy) is 2. The summed E-state index contributed by atoms with van der Waals surface area (Å²) in [6.45, 7) is 12.0. The lowest BCUT2D eigenvalue weighted by Crippen LogP contribution is -2.26. The van der Waals surface area contributed by atoms with Gasteiger partial charge in [-0.05, 0) is 62.2 Å². The first kappa shape index (κ1) is 20.0. The first-order chi connectivity index (χ1) is 13.5. The van der Waals surface area contributed by atoms with Gasteiger partial charge in [-0.3, -0.25) is 0 Å². The van der Waals surface area contributed by atoms with E-state index in [1.165, 1.54) is 5.56 Å². The number of aryl methyl sites for hydroxylation is 3. The molecular weight excluding hydrogens is 350 g/mol. The van der Waals surface area contributed by atoms with Gasteiger partial charge in [0.15, 0.2) is 0 Å². The zero-order valence-corrected chi connectivity index (χ0v) is 17.4. The van der Waals surface area contributed by atoms with Gasteiger partial charge in [0.2, 0.25) is 0 Å². The quantitative estimate of drug-likeness (QED) is 0.711. The third-order valence-electron chi connectivity index (χ3n) is 4.92. The second-order valence-electron chi connectivity index (χ2n) is 6.99. The molecule has 1 aliphatic heterocycles. The zero-order chi connectivity index (χ0) is 20.3. The van der Waals surface area contributed by atoms with E-state index in [2.05, 4.69) is 56.2 Å². The van der Waals surface area contributed by atoms with Gasteiger partial charge in [0.25, 0.3) is 0 Å². The Morgan fingerprint density at radius 1 is 1.14 bits per heavy atom. The molecule has 2 aromatic carbocycles. The number of fused-ring (bicyclic) bond motifs is 1. The van der Waals surface area contributed by atoms with Crippen molar-refractivity contribution in [3.8, 4) is 11.5 Å². The molecule has 148 valence electrons. The summed E-state index contributed by atoms with van der Waals surface area (Å²) < 4.78 is 11.4. The maximum absolute atomic E-state index is 5.93. The highest BCUT2D eigenvalue weighted by Gasteiger charge is 2.21. The van der Waals surface area contributed by atoms with Crippen LogP contribution in [0.25, 0.3) is 5.70 Å². The molecule has 0 saturated heterocycles. The standard InChI is InChI=1S/C23H29N3O2/c1-7-17-12-19(27-6)13-20-21(17)16(4)25-23(26-20)18-10-14(2)22(15(3)11-18)28-9-8-24-5/h10-13,24H,4,7-9H2,1-3,5-6H3,(H,25,26). The van der Waals surface area contributed by atoms with E-state index in [1.54, 1.807) is 7.11 Å². The van der Waals surface area contributed by atoms with Crippen LogP contribution >= 0.6 is 0 Å². The van der Waals surface area contributed by atoms with E-state index in [1.807, 2.05) is 13.1 Å². The number of aliphatic imine (C=N–C) groups is 1. The van der Waals surface area contributed by atoms with Gasteiger partial charge in [0.05, 0.1) is 12.8 Å². The lowest BCUT2D eigenvalue weighted by atomic mass is 9.97. The summed E-state index contributed by atoms with van der Waals surface area (Å²) in [6.07, 6.45) is 0.891. The minimum atomic E-state index is 0.639. The van der Waals surface area contributed by atoms with E-state index in [0.717, 1.165) is 63.9 Å². The Balaban J connectivity index is 2.01. The number of hydrogen-bond donors (Lipinski definition) is 2. The number of likely N-dealkylation sites (N-methyl/N-ethyl adjacent to an activating group) is 1. The van der Waals surface area contributed by atoms with E-state index < -0.39 is 0 Å².